The van der Waals surface area contributed by atoms with Gasteiger partial charge in [-0.05, 0) is 89.5 Å². The first-order valence-electron chi connectivity index (χ1n) is 19.3. The molecule has 0 saturated heterocycles. The zero-order chi connectivity index (χ0) is 41.9. The molecule has 0 bridgehead atoms. The molecule has 0 atom stereocenters. The number of amides is 2. The van der Waals surface area contributed by atoms with Crippen molar-refractivity contribution in [2.45, 2.75) is 90.9 Å². The Morgan fingerprint density at radius 2 is 1.41 bits per heavy atom. The van der Waals surface area contributed by atoms with Crippen molar-refractivity contribution in [3.63, 3.8) is 0 Å². The molecule has 0 saturated carbocycles. The van der Waals surface area contributed by atoms with Gasteiger partial charge in [-0.2, -0.15) is 5.10 Å². The molecular formula is C46H51BrN4O7. The molecule has 0 spiro atoms. The molecule has 2 amide bonds. The van der Waals surface area contributed by atoms with E-state index in [-0.39, 0.29) is 18.8 Å². The molecule has 0 aliphatic heterocycles. The monoisotopic (exact) mass is 850 g/mol. The number of aryl methyl sites for hydroxylation is 2. The van der Waals surface area contributed by atoms with Crippen LogP contribution in [0.25, 0.3) is 32.8 Å². The maximum Gasteiger partial charge on any atom is 0.420 e. The molecule has 0 unspecified atom stereocenters. The lowest BCUT2D eigenvalue weighted by atomic mass is 9.98. The summed E-state index contributed by atoms with van der Waals surface area (Å²) in [6, 6.07) is 27.3. The number of rotatable bonds is 12. The van der Waals surface area contributed by atoms with E-state index in [0.29, 0.717) is 41.5 Å². The summed E-state index contributed by atoms with van der Waals surface area (Å²) in [5.74, 6) is -0.295. The summed E-state index contributed by atoms with van der Waals surface area (Å²) in [5, 5.41) is 19.2. The van der Waals surface area contributed by atoms with Crippen LogP contribution < -0.4 is 4.74 Å². The van der Waals surface area contributed by atoms with Gasteiger partial charge in [-0.15, -0.1) is 0 Å². The fraction of sp³-hybridized carbons (Fsp3) is 0.348. The third kappa shape index (κ3) is 9.23. The number of benzene rings is 4. The highest BCUT2D eigenvalue weighted by Crippen LogP contribution is 2.39. The molecule has 0 fully saturated rings. The first kappa shape index (κ1) is 42.0. The van der Waals surface area contributed by atoms with Crippen LogP contribution in [0.4, 0.5) is 9.59 Å². The molecule has 1 N–H and O–H groups in total. The Hall–Kier alpha value is -5.62. The molecule has 11 nitrogen and oxygen atoms in total. The zero-order valence-electron chi connectivity index (χ0n) is 34.4. The summed E-state index contributed by atoms with van der Waals surface area (Å²) in [4.78, 5) is 41.6. The number of para-hydroxylation sites is 1. The number of carbonyl (C=O) groups is 3. The fourth-order valence-corrected chi connectivity index (χ4v) is 7.65. The van der Waals surface area contributed by atoms with Gasteiger partial charge in [-0.1, -0.05) is 94.8 Å². The van der Waals surface area contributed by atoms with Crippen molar-refractivity contribution in [1.29, 1.82) is 0 Å². The average Bonchev–Trinajstić information content (AvgIpc) is 3.63. The number of halogens is 1. The molecule has 58 heavy (non-hydrogen) atoms. The van der Waals surface area contributed by atoms with Gasteiger partial charge in [-0.3, -0.25) is 4.68 Å². The summed E-state index contributed by atoms with van der Waals surface area (Å²) >= 11 is 3.63. The Labute approximate surface area is 347 Å². The number of hydrogen-bond acceptors (Lipinski definition) is 7. The summed E-state index contributed by atoms with van der Waals surface area (Å²) < 4.78 is 21.3. The van der Waals surface area contributed by atoms with Gasteiger partial charge in [0.25, 0.3) is 0 Å². The molecule has 12 heteroatoms. The molecule has 2 aromatic heterocycles. The maximum absolute atomic E-state index is 13.6. The minimum absolute atomic E-state index is 0.122. The van der Waals surface area contributed by atoms with E-state index in [9.17, 15) is 19.5 Å². The van der Waals surface area contributed by atoms with E-state index < -0.39 is 29.4 Å². The Kier molecular flexibility index (Phi) is 12.4. The van der Waals surface area contributed by atoms with Crippen molar-refractivity contribution in [2.75, 3.05) is 6.61 Å². The average molecular weight is 852 g/mol. The number of fused-ring (bicyclic) bond motifs is 2. The largest absolute Gasteiger partial charge is 0.493 e. The number of carboxylic acid groups (broad SMARTS) is 1. The summed E-state index contributed by atoms with van der Waals surface area (Å²) in [5.41, 5.74) is 4.70. The van der Waals surface area contributed by atoms with Crippen LogP contribution in [0.5, 0.6) is 5.75 Å². The van der Waals surface area contributed by atoms with Crippen molar-refractivity contribution in [3.05, 3.63) is 119 Å². The van der Waals surface area contributed by atoms with Crippen molar-refractivity contribution in [1.82, 2.24) is 19.2 Å². The van der Waals surface area contributed by atoms with E-state index in [1.807, 2.05) is 108 Å². The molecule has 304 valence electrons. The van der Waals surface area contributed by atoms with Gasteiger partial charge in [0.2, 0.25) is 0 Å². The lowest BCUT2D eigenvalue weighted by Crippen LogP contribution is -2.43. The van der Waals surface area contributed by atoms with Gasteiger partial charge in [0.05, 0.1) is 24.4 Å². The first-order valence-corrected chi connectivity index (χ1v) is 20.5. The molecule has 0 aliphatic carbocycles. The van der Waals surface area contributed by atoms with E-state index in [1.165, 1.54) is 0 Å². The number of aromatic carboxylic acids is 1. The highest BCUT2D eigenvalue weighted by molar-refractivity contribution is 9.08. The van der Waals surface area contributed by atoms with Crippen LogP contribution in [0.1, 0.15) is 86.5 Å². The van der Waals surface area contributed by atoms with Crippen LogP contribution in [0.3, 0.4) is 0 Å². The van der Waals surface area contributed by atoms with Crippen LogP contribution in [-0.2, 0) is 41.4 Å². The van der Waals surface area contributed by atoms with Crippen LogP contribution in [0.2, 0.25) is 0 Å². The number of aromatic nitrogens is 3. The predicted molar refractivity (Wildman–Crippen MR) is 230 cm³/mol. The van der Waals surface area contributed by atoms with Crippen molar-refractivity contribution >= 4 is 55.8 Å². The number of carboxylic acids is 1. The van der Waals surface area contributed by atoms with E-state index in [0.717, 1.165) is 54.8 Å². The van der Waals surface area contributed by atoms with Crippen LogP contribution in [0.15, 0.2) is 84.9 Å². The van der Waals surface area contributed by atoms with Crippen LogP contribution in [-0.4, -0.2) is 60.3 Å². The second-order valence-corrected chi connectivity index (χ2v) is 16.9. The number of nitrogens with zero attached hydrogens (tertiary/aromatic N) is 4. The van der Waals surface area contributed by atoms with Crippen molar-refractivity contribution in [2.24, 2.45) is 7.05 Å². The normalized spacial score (nSPS) is 11.9. The molecule has 2 heterocycles. The third-order valence-electron chi connectivity index (χ3n) is 9.77. The van der Waals surface area contributed by atoms with Gasteiger partial charge < -0.3 is 23.9 Å². The molecule has 6 aromatic rings. The molecular weight excluding hydrogens is 800 g/mol. The number of carbonyl (C=O) groups excluding carboxylic acids is 2. The lowest BCUT2D eigenvalue weighted by Gasteiger charge is -2.29. The minimum Gasteiger partial charge on any atom is -0.493 e. The minimum atomic E-state index is -1.07. The van der Waals surface area contributed by atoms with Crippen LogP contribution in [0, 0.1) is 6.92 Å². The van der Waals surface area contributed by atoms with E-state index in [2.05, 4.69) is 15.9 Å². The second kappa shape index (κ2) is 17.1. The quantitative estimate of drug-likeness (QED) is 0.0953. The molecule has 6 rings (SSSR count). The SMILES string of the molecule is Cc1c(-c2cccc3c(CCCOc4cccc5ccccc45)c(C(=O)O)n(Cc4ccccc4CN(C(=O)OC(C)(C)C)C(=O)OC(C)(C)C)c23)c(CBr)nn1C. The Bertz CT molecular complexity index is 2450. The molecule has 0 radical (unpaired) electrons. The Morgan fingerprint density at radius 3 is 2.07 bits per heavy atom. The Balaban J connectivity index is 1.45. The highest BCUT2D eigenvalue weighted by atomic mass is 79.9. The number of hydrogen-bond donors (Lipinski definition) is 1. The fourth-order valence-electron chi connectivity index (χ4n) is 7.26. The maximum atomic E-state index is 13.6. The highest BCUT2D eigenvalue weighted by Gasteiger charge is 2.33. The Morgan fingerprint density at radius 1 is 0.810 bits per heavy atom. The third-order valence-corrected chi connectivity index (χ3v) is 10.3. The van der Waals surface area contributed by atoms with Gasteiger partial charge in [0.1, 0.15) is 22.6 Å². The van der Waals surface area contributed by atoms with E-state index in [1.54, 1.807) is 41.5 Å². The standard InChI is InChI=1S/C46H51BrN4O7/c1-29-39(37(26-47)48-49(29)8)36-22-14-21-34-35(23-15-25-56-38-24-13-19-30-16-11-12-20-33(30)38)41(42(52)53)50(40(34)36)27-31-17-9-10-18-32(31)28-51(43(54)57-45(2,3)4)44(55)58-46(5,6)7/h9-14,16-22,24H,15,23,25-28H2,1-8H3,(H,52,53). The van der Waals surface area contributed by atoms with Crippen molar-refractivity contribution in [3.8, 4) is 16.9 Å². The van der Waals surface area contributed by atoms with Gasteiger partial charge in [0, 0.05) is 46.5 Å². The smallest absolute Gasteiger partial charge is 0.420 e. The van der Waals surface area contributed by atoms with Crippen LogP contribution >= 0.6 is 15.9 Å². The second-order valence-electron chi connectivity index (χ2n) is 16.3. The molecule has 0 aliphatic rings. The number of imide groups is 1. The lowest BCUT2D eigenvalue weighted by molar-refractivity contribution is -0.000322. The van der Waals surface area contributed by atoms with Gasteiger partial charge >= 0.3 is 18.2 Å². The zero-order valence-corrected chi connectivity index (χ0v) is 36.0. The summed E-state index contributed by atoms with van der Waals surface area (Å²) in [7, 11) is 1.89. The van der Waals surface area contributed by atoms with E-state index >= 15 is 0 Å². The number of ether oxygens (including phenoxy) is 3. The summed E-state index contributed by atoms with van der Waals surface area (Å²) in [6.45, 7) is 12.7. The van der Waals surface area contributed by atoms with Gasteiger partial charge in [0.15, 0.2) is 0 Å². The summed E-state index contributed by atoms with van der Waals surface area (Å²) in [6.07, 6.45) is -0.704. The van der Waals surface area contributed by atoms with Crippen molar-refractivity contribution < 1.29 is 33.7 Å². The first-order chi connectivity index (χ1) is 27.5. The number of alkyl halides is 1. The topological polar surface area (TPSA) is 125 Å². The predicted octanol–water partition coefficient (Wildman–Crippen LogP) is 10.8. The van der Waals surface area contributed by atoms with Gasteiger partial charge in [-0.25, -0.2) is 19.3 Å². The molecule has 4 aromatic carbocycles. The van der Waals surface area contributed by atoms with E-state index in [4.69, 9.17) is 19.3 Å².